The molecule has 1 amide bonds. The molecule has 2 aromatic carbocycles. The molecule has 3 N–H and O–H groups in total. The molecule has 0 saturated heterocycles. The van der Waals surface area contributed by atoms with Gasteiger partial charge in [-0.15, -0.1) is 0 Å². The van der Waals surface area contributed by atoms with Crippen LogP contribution in [0.25, 0.3) is 10.9 Å². The van der Waals surface area contributed by atoms with E-state index < -0.39 is 0 Å². The first-order chi connectivity index (χ1) is 9.72. The minimum absolute atomic E-state index is 0.107. The third-order valence-electron chi connectivity index (χ3n) is 3.17. The van der Waals surface area contributed by atoms with Gasteiger partial charge in [-0.25, -0.2) is 0 Å². The van der Waals surface area contributed by atoms with E-state index in [1.807, 2.05) is 30.5 Å². The van der Waals surface area contributed by atoms with Gasteiger partial charge in [0.1, 0.15) is 5.75 Å². The summed E-state index contributed by atoms with van der Waals surface area (Å²) in [6.45, 7) is 0. The molecule has 0 radical (unpaired) electrons. The summed E-state index contributed by atoms with van der Waals surface area (Å²) in [5.41, 5.74) is 2.59. The number of phenols is 1. The number of aromatic amines is 1. The predicted octanol–water partition coefficient (Wildman–Crippen LogP) is 3.05. The number of hydrogen-bond donors (Lipinski definition) is 3. The van der Waals surface area contributed by atoms with Crippen molar-refractivity contribution >= 4 is 22.5 Å². The van der Waals surface area contributed by atoms with Crippen molar-refractivity contribution in [1.82, 2.24) is 4.98 Å². The Kier molecular flexibility index (Phi) is 3.13. The van der Waals surface area contributed by atoms with Crippen LogP contribution in [0.15, 0.2) is 54.7 Å². The third kappa shape index (κ3) is 2.49. The van der Waals surface area contributed by atoms with Gasteiger partial charge in [0.2, 0.25) is 5.91 Å². The molecule has 0 atom stereocenters. The minimum Gasteiger partial charge on any atom is -0.508 e. The Morgan fingerprint density at radius 2 is 2.00 bits per heavy atom. The number of H-pyrrole nitrogens is 1. The number of benzene rings is 2. The Balaban J connectivity index is 1.77. The molecule has 0 fully saturated rings. The highest BCUT2D eigenvalue weighted by atomic mass is 16.3. The normalized spacial score (nSPS) is 10.6. The highest BCUT2D eigenvalue weighted by Gasteiger charge is 2.08. The lowest BCUT2D eigenvalue weighted by atomic mass is 10.1. The highest BCUT2D eigenvalue weighted by molar-refractivity contribution is 5.95. The molecule has 0 unspecified atom stereocenters. The summed E-state index contributed by atoms with van der Waals surface area (Å²) < 4.78 is 0. The Bertz CT molecular complexity index is 762. The SMILES string of the molecule is O=C(Cc1cccc2[nH]ccc12)Nc1cccc(O)c1. The monoisotopic (exact) mass is 266 g/mol. The molecule has 100 valence electrons. The summed E-state index contributed by atoms with van der Waals surface area (Å²) in [5, 5.41) is 13.2. The summed E-state index contributed by atoms with van der Waals surface area (Å²) in [5.74, 6) is 0.0276. The maximum absolute atomic E-state index is 12.1. The van der Waals surface area contributed by atoms with E-state index in [1.54, 1.807) is 18.2 Å². The number of hydrogen-bond acceptors (Lipinski definition) is 2. The van der Waals surface area contributed by atoms with Gasteiger partial charge in [0.15, 0.2) is 0 Å². The molecule has 1 heterocycles. The molecule has 0 saturated carbocycles. The molecular weight excluding hydrogens is 252 g/mol. The summed E-state index contributed by atoms with van der Waals surface area (Å²) in [7, 11) is 0. The van der Waals surface area contributed by atoms with Gasteiger partial charge in [0.25, 0.3) is 0 Å². The number of fused-ring (bicyclic) bond motifs is 1. The summed E-state index contributed by atoms with van der Waals surface area (Å²) in [6.07, 6.45) is 2.16. The van der Waals surface area contributed by atoms with Crippen molar-refractivity contribution in [1.29, 1.82) is 0 Å². The van der Waals surface area contributed by atoms with Gasteiger partial charge in [-0.2, -0.15) is 0 Å². The number of rotatable bonds is 3. The second-order valence-electron chi connectivity index (χ2n) is 4.63. The fourth-order valence-corrected chi connectivity index (χ4v) is 2.27. The quantitative estimate of drug-likeness (QED) is 0.682. The van der Waals surface area contributed by atoms with Crippen LogP contribution in [0.5, 0.6) is 5.75 Å². The van der Waals surface area contributed by atoms with Crippen LogP contribution >= 0.6 is 0 Å². The first-order valence-electron chi connectivity index (χ1n) is 6.36. The minimum atomic E-state index is -0.107. The molecule has 0 aliphatic rings. The molecular formula is C16H14N2O2. The number of amides is 1. The smallest absolute Gasteiger partial charge is 0.228 e. The van der Waals surface area contributed by atoms with E-state index in [2.05, 4.69) is 10.3 Å². The second kappa shape index (κ2) is 5.09. The lowest BCUT2D eigenvalue weighted by Crippen LogP contribution is -2.14. The zero-order chi connectivity index (χ0) is 13.9. The molecule has 3 aromatic rings. The number of phenolic OH excluding ortho intramolecular Hbond substituents is 1. The van der Waals surface area contributed by atoms with Crippen molar-refractivity contribution in [2.45, 2.75) is 6.42 Å². The Hall–Kier alpha value is -2.75. The second-order valence-corrected chi connectivity index (χ2v) is 4.63. The van der Waals surface area contributed by atoms with Crippen LogP contribution in [-0.4, -0.2) is 16.0 Å². The molecule has 0 aliphatic heterocycles. The maximum Gasteiger partial charge on any atom is 0.228 e. The fraction of sp³-hybridized carbons (Fsp3) is 0.0625. The van der Waals surface area contributed by atoms with Crippen molar-refractivity contribution in [2.75, 3.05) is 5.32 Å². The van der Waals surface area contributed by atoms with Crippen molar-refractivity contribution in [3.8, 4) is 5.75 Å². The number of nitrogens with one attached hydrogen (secondary N) is 2. The zero-order valence-electron chi connectivity index (χ0n) is 10.8. The Morgan fingerprint density at radius 1 is 1.15 bits per heavy atom. The molecule has 1 aromatic heterocycles. The number of carbonyl (C=O) groups is 1. The van der Waals surface area contributed by atoms with Crippen LogP contribution in [0.1, 0.15) is 5.56 Å². The van der Waals surface area contributed by atoms with Gasteiger partial charge < -0.3 is 15.4 Å². The van der Waals surface area contributed by atoms with Crippen LogP contribution in [-0.2, 0) is 11.2 Å². The maximum atomic E-state index is 12.1. The number of aromatic hydroxyl groups is 1. The fourth-order valence-electron chi connectivity index (χ4n) is 2.27. The largest absolute Gasteiger partial charge is 0.508 e. The molecule has 20 heavy (non-hydrogen) atoms. The van der Waals surface area contributed by atoms with Gasteiger partial charge in [0, 0.05) is 28.9 Å². The molecule has 0 spiro atoms. The average Bonchev–Trinajstić information content (AvgIpc) is 2.88. The van der Waals surface area contributed by atoms with Crippen LogP contribution in [0.2, 0.25) is 0 Å². The van der Waals surface area contributed by atoms with Gasteiger partial charge in [-0.1, -0.05) is 18.2 Å². The van der Waals surface area contributed by atoms with Crippen molar-refractivity contribution in [3.05, 3.63) is 60.3 Å². The first-order valence-corrected chi connectivity index (χ1v) is 6.36. The summed E-state index contributed by atoms with van der Waals surface area (Å²) >= 11 is 0. The topological polar surface area (TPSA) is 65.1 Å². The first kappa shape index (κ1) is 12.3. The molecule has 4 heteroatoms. The van der Waals surface area contributed by atoms with Crippen LogP contribution in [0.3, 0.4) is 0 Å². The van der Waals surface area contributed by atoms with Crippen molar-refractivity contribution in [3.63, 3.8) is 0 Å². The number of anilines is 1. The van der Waals surface area contributed by atoms with Gasteiger partial charge in [0.05, 0.1) is 6.42 Å². The van der Waals surface area contributed by atoms with Crippen molar-refractivity contribution in [2.24, 2.45) is 0 Å². The van der Waals surface area contributed by atoms with Crippen LogP contribution in [0.4, 0.5) is 5.69 Å². The molecule has 4 nitrogen and oxygen atoms in total. The van der Waals surface area contributed by atoms with Crippen LogP contribution in [0, 0.1) is 0 Å². The molecule has 3 rings (SSSR count). The van der Waals surface area contributed by atoms with Crippen molar-refractivity contribution < 1.29 is 9.90 Å². The van der Waals surface area contributed by atoms with E-state index in [1.165, 1.54) is 6.07 Å². The lowest BCUT2D eigenvalue weighted by molar-refractivity contribution is -0.115. The van der Waals surface area contributed by atoms with E-state index in [9.17, 15) is 9.90 Å². The Labute approximate surface area is 116 Å². The van der Waals surface area contributed by atoms with E-state index in [-0.39, 0.29) is 11.7 Å². The molecule has 0 aliphatic carbocycles. The third-order valence-corrected chi connectivity index (χ3v) is 3.17. The molecule has 0 bridgehead atoms. The van der Waals surface area contributed by atoms with E-state index >= 15 is 0 Å². The van der Waals surface area contributed by atoms with Gasteiger partial charge >= 0.3 is 0 Å². The Morgan fingerprint density at radius 3 is 2.85 bits per heavy atom. The van der Waals surface area contributed by atoms with E-state index in [0.717, 1.165) is 16.5 Å². The van der Waals surface area contributed by atoms with E-state index in [4.69, 9.17) is 0 Å². The van der Waals surface area contributed by atoms with Crippen LogP contribution < -0.4 is 5.32 Å². The number of carbonyl (C=O) groups excluding carboxylic acids is 1. The van der Waals surface area contributed by atoms with Gasteiger partial charge in [-0.3, -0.25) is 4.79 Å². The highest BCUT2D eigenvalue weighted by Crippen LogP contribution is 2.19. The number of aromatic nitrogens is 1. The average molecular weight is 266 g/mol. The van der Waals surface area contributed by atoms with Gasteiger partial charge in [-0.05, 0) is 29.8 Å². The zero-order valence-corrected chi connectivity index (χ0v) is 10.8. The standard InChI is InChI=1S/C16H14N2O2/c19-13-5-2-4-12(10-13)18-16(20)9-11-3-1-6-15-14(11)7-8-17-15/h1-8,10,17,19H,9H2,(H,18,20). The summed E-state index contributed by atoms with van der Waals surface area (Å²) in [4.78, 5) is 15.2. The summed E-state index contributed by atoms with van der Waals surface area (Å²) in [6, 6.07) is 14.3. The predicted molar refractivity (Wildman–Crippen MR) is 78.7 cm³/mol. The van der Waals surface area contributed by atoms with E-state index in [0.29, 0.717) is 12.1 Å². The lowest BCUT2D eigenvalue weighted by Gasteiger charge is -2.06.